The maximum atomic E-state index is 9.62. The lowest BCUT2D eigenvalue weighted by Gasteiger charge is -2.11. The highest BCUT2D eigenvalue weighted by Gasteiger charge is 2.06. The molecule has 0 aliphatic heterocycles. The summed E-state index contributed by atoms with van der Waals surface area (Å²) in [6, 6.07) is 7.09. The Morgan fingerprint density at radius 1 is 1.38 bits per heavy atom. The van der Waals surface area contributed by atoms with E-state index in [1.807, 2.05) is 13.8 Å². The molecular formula is C11H15N3O2. The standard InChI is InChI=1S/C11H15N3O2/c1-8(2)16-10-5-3-9(4-6-10)11(15)7-13-14-12/h3-6,8,11,15H,7H2,1-2H3/t11-/m1/s1. The third kappa shape index (κ3) is 3.81. The fraction of sp³-hybridized carbons (Fsp3) is 0.455. The molecule has 0 saturated carbocycles. The summed E-state index contributed by atoms with van der Waals surface area (Å²) in [5.41, 5.74) is 8.84. The summed E-state index contributed by atoms with van der Waals surface area (Å²) >= 11 is 0. The van der Waals surface area contributed by atoms with E-state index in [2.05, 4.69) is 10.0 Å². The van der Waals surface area contributed by atoms with Gasteiger partial charge in [0.1, 0.15) is 5.75 Å². The largest absolute Gasteiger partial charge is 0.491 e. The van der Waals surface area contributed by atoms with Gasteiger partial charge in [0.25, 0.3) is 0 Å². The SMILES string of the molecule is CC(C)Oc1ccc([C@H](O)CN=[N+]=[N-])cc1. The van der Waals surface area contributed by atoms with Crippen molar-refractivity contribution in [2.45, 2.75) is 26.1 Å². The number of hydrogen-bond donors (Lipinski definition) is 1. The van der Waals surface area contributed by atoms with Gasteiger partial charge in [-0.15, -0.1) is 0 Å². The van der Waals surface area contributed by atoms with Crippen molar-refractivity contribution in [1.82, 2.24) is 0 Å². The van der Waals surface area contributed by atoms with Gasteiger partial charge < -0.3 is 9.84 Å². The van der Waals surface area contributed by atoms with Crippen molar-refractivity contribution in [2.75, 3.05) is 6.54 Å². The van der Waals surface area contributed by atoms with Gasteiger partial charge in [-0.1, -0.05) is 17.2 Å². The first kappa shape index (κ1) is 12.4. The van der Waals surface area contributed by atoms with E-state index < -0.39 is 6.10 Å². The molecule has 0 heterocycles. The average Bonchev–Trinajstić information content (AvgIpc) is 2.26. The van der Waals surface area contributed by atoms with Crippen LogP contribution in [0.1, 0.15) is 25.5 Å². The smallest absolute Gasteiger partial charge is 0.119 e. The molecule has 1 atom stereocenters. The second kappa shape index (κ2) is 6.00. The van der Waals surface area contributed by atoms with Crippen LogP contribution in [0.15, 0.2) is 29.4 Å². The zero-order valence-electron chi connectivity index (χ0n) is 9.37. The van der Waals surface area contributed by atoms with Gasteiger partial charge in [0.2, 0.25) is 0 Å². The van der Waals surface area contributed by atoms with Crippen molar-refractivity contribution in [3.05, 3.63) is 40.3 Å². The molecule has 1 aromatic carbocycles. The zero-order valence-corrected chi connectivity index (χ0v) is 9.37. The number of nitrogens with zero attached hydrogens (tertiary/aromatic N) is 3. The molecule has 1 N–H and O–H groups in total. The van der Waals surface area contributed by atoms with Crippen molar-refractivity contribution in [3.8, 4) is 5.75 Å². The monoisotopic (exact) mass is 221 g/mol. The molecule has 0 spiro atoms. The van der Waals surface area contributed by atoms with Crippen LogP contribution >= 0.6 is 0 Å². The van der Waals surface area contributed by atoms with Gasteiger partial charge >= 0.3 is 0 Å². The van der Waals surface area contributed by atoms with Crippen molar-refractivity contribution in [1.29, 1.82) is 0 Å². The second-order valence-electron chi connectivity index (χ2n) is 3.66. The molecule has 0 unspecified atom stereocenters. The van der Waals surface area contributed by atoms with Gasteiger partial charge in [0.15, 0.2) is 0 Å². The van der Waals surface area contributed by atoms with Crippen LogP contribution < -0.4 is 4.74 Å². The van der Waals surface area contributed by atoms with Crippen molar-refractivity contribution < 1.29 is 9.84 Å². The molecule has 1 rings (SSSR count). The molecular weight excluding hydrogens is 206 g/mol. The molecule has 0 aliphatic rings. The number of aliphatic hydroxyl groups excluding tert-OH is 1. The van der Waals surface area contributed by atoms with E-state index in [-0.39, 0.29) is 12.6 Å². The first-order chi connectivity index (χ1) is 7.63. The van der Waals surface area contributed by atoms with Crippen LogP contribution in [-0.2, 0) is 0 Å². The molecule has 1 aromatic rings. The first-order valence-corrected chi connectivity index (χ1v) is 5.09. The van der Waals surface area contributed by atoms with E-state index in [0.29, 0.717) is 5.56 Å². The lowest BCUT2D eigenvalue weighted by Crippen LogP contribution is -2.06. The predicted molar refractivity (Wildman–Crippen MR) is 61.2 cm³/mol. The van der Waals surface area contributed by atoms with Crippen LogP contribution in [0.3, 0.4) is 0 Å². The Kier molecular flexibility index (Phi) is 4.64. The fourth-order valence-electron chi connectivity index (χ4n) is 1.26. The first-order valence-electron chi connectivity index (χ1n) is 5.09. The van der Waals surface area contributed by atoms with Crippen LogP contribution in [0.25, 0.3) is 10.4 Å². The molecule has 0 fully saturated rings. The highest BCUT2D eigenvalue weighted by Crippen LogP contribution is 2.18. The van der Waals surface area contributed by atoms with Crippen LogP contribution in [0, 0.1) is 0 Å². The highest BCUT2D eigenvalue weighted by molar-refractivity contribution is 5.28. The van der Waals surface area contributed by atoms with Gasteiger partial charge in [-0.25, -0.2) is 0 Å². The predicted octanol–water partition coefficient (Wildman–Crippen LogP) is 2.82. The summed E-state index contributed by atoms with van der Waals surface area (Å²) < 4.78 is 5.47. The Morgan fingerprint density at radius 2 is 2.00 bits per heavy atom. The van der Waals surface area contributed by atoms with Crippen LogP contribution in [0.5, 0.6) is 5.75 Å². The zero-order chi connectivity index (χ0) is 12.0. The quantitative estimate of drug-likeness (QED) is 0.471. The van der Waals surface area contributed by atoms with E-state index in [4.69, 9.17) is 10.3 Å². The Balaban J connectivity index is 2.66. The number of benzene rings is 1. The minimum absolute atomic E-state index is 0.0425. The number of hydrogen-bond acceptors (Lipinski definition) is 3. The third-order valence-corrected chi connectivity index (χ3v) is 1.95. The van der Waals surface area contributed by atoms with Crippen molar-refractivity contribution in [3.63, 3.8) is 0 Å². The summed E-state index contributed by atoms with van der Waals surface area (Å²) in [5.74, 6) is 0.759. The summed E-state index contributed by atoms with van der Waals surface area (Å²) in [6.45, 7) is 3.94. The maximum absolute atomic E-state index is 9.62. The summed E-state index contributed by atoms with van der Waals surface area (Å²) in [6.07, 6.45) is -0.636. The summed E-state index contributed by atoms with van der Waals surface area (Å²) in [7, 11) is 0. The van der Waals surface area contributed by atoms with Crippen molar-refractivity contribution in [2.24, 2.45) is 5.11 Å². The maximum Gasteiger partial charge on any atom is 0.119 e. The van der Waals surface area contributed by atoms with E-state index in [1.165, 1.54) is 0 Å². The Bertz CT molecular complexity index is 369. The number of azide groups is 1. The highest BCUT2D eigenvalue weighted by atomic mass is 16.5. The number of aliphatic hydroxyl groups is 1. The average molecular weight is 221 g/mol. The minimum atomic E-state index is -0.760. The number of ether oxygens (including phenoxy) is 1. The van der Waals surface area contributed by atoms with Gasteiger partial charge in [-0.2, -0.15) is 0 Å². The normalized spacial score (nSPS) is 12.0. The van der Waals surface area contributed by atoms with Gasteiger partial charge in [-0.05, 0) is 37.1 Å². The molecule has 0 bridgehead atoms. The molecule has 5 nitrogen and oxygen atoms in total. The Labute approximate surface area is 94.3 Å². The van der Waals surface area contributed by atoms with Crippen LogP contribution in [-0.4, -0.2) is 17.8 Å². The Hall–Kier alpha value is -1.71. The molecule has 5 heteroatoms. The molecule has 16 heavy (non-hydrogen) atoms. The molecule has 86 valence electrons. The van der Waals surface area contributed by atoms with E-state index in [0.717, 1.165) is 5.75 Å². The second-order valence-corrected chi connectivity index (χ2v) is 3.66. The third-order valence-electron chi connectivity index (χ3n) is 1.95. The molecule has 0 radical (unpaired) electrons. The van der Waals surface area contributed by atoms with E-state index >= 15 is 0 Å². The molecule has 0 amide bonds. The van der Waals surface area contributed by atoms with Crippen LogP contribution in [0.4, 0.5) is 0 Å². The molecule has 0 aliphatic carbocycles. The van der Waals surface area contributed by atoms with Gasteiger partial charge in [-0.3, -0.25) is 0 Å². The van der Waals surface area contributed by atoms with Gasteiger partial charge in [0.05, 0.1) is 18.8 Å². The number of rotatable bonds is 5. The lowest BCUT2D eigenvalue weighted by molar-refractivity contribution is 0.186. The topological polar surface area (TPSA) is 78.2 Å². The molecule has 0 aromatic heterocycles. The fourth-order valence-corrected chi connectivity index (χ4v) is 1.26. The lowest BCUT2D eigenvalue weighted by atomic mass is 10.1. The Morgan fingerprint density at radius 3 is 2.50 bits per heavy atom. The van der Waals surface area contributed by atoms with Crippen molar-refractivity contribution >= 4 is 0 Å². The summed E-state index contributed by atoms with van der Waals surface area (Å²) in [4.78, 5) is 2.60. The van der Waals surface area contributed by atoms with Gasteiger partial charge in [0, 0.05) is 4.91 Å². The molecule has 0 saturated heterocycles. The van der Waals surface area contributed by atoms with Crippen LogP contribution in [0.2, 0.25) is 0 Å². The van der Waals surface area contributed by atoms with E-state index in [1.54, 1.807) is 24.3 Å². The van der Waals surface area contributed by atoms with E-state index in [9.17, 15) is 5.11 Å². The minimum Gasteiger partial charge on any atom is -0.491 e. The summed E-state index contributed by atoms with van der Waals surface area (Å²) in [5, 5.41) is 12.9.